The topological polar surface area (TPSA) is 58.2 Å². The summed E-state index contributed by atoms with van der Waals surface area (Å²) in [5, 5.41) is 4.86. The van der Waals surface area contributed by atoms with Crippen LogP contribution in [0.2, 0.25) is 5.02 Å². The lowest BCUT2D eigenvalue weighted by atomic mass is 10.0. The third kappa shape index (κ3) is 3.34. The Balaban J connectivity index is 1.70. The number of nitrogens with one attached hydrogen (secondary N) is 2. The van der Waals surface area contributed by atoms with E-state index in [2.05, 4.69) is 10.0 Å². The van der Waals surface area contributed by atoms with E-state index in [1.54, 1.807) is 6.07 Å². The highest BCUT2D eigenvalue weighted by Gasteiger charge is 2.22. The Morgan fingerprint density at radius 3 is 2.85 bits per heavy atom. The van der Waals surface area contributed by atoms with Gasteiger partial charge in [0, 0.05) is 22.0 Å². The van der Waals surface area contributed by atoms with Crippen molar-refractivity contribution in [2.45, 2.75) is 30.5 Å². The second-order valence-corrected chi connectivity index (χ2v) is 9.89. The van der Waals surface area contributed by atoms with E-state index in [0.717, 1.165) is 47.1 Å². The van der Waals surface area contributed by atoms with Crippen LogP contribution in [0.3, 0.4) is 0 Å². The summed E-state index contributed by atoms with van der Waals surface area (Å²) in [5.41, 5.74) is 3.77. The molecule has 0 saturated heterocycles. The molecule has 1 aliphatic heterocycles. The maximum Gasteiger partial charge on any atom is 0.271 e. The first-order chi connectivity index (χ1) is 12.4. The molecule has 2 heterocycles. The fraction of sp³-hybridized carbons (Fsp3) is 0.263. The number of sulfonamides is 1. The van der Waals surface area contributed by atoms with Crippen LogP contribution in [0.4, 0.5) is 5.69 Å². The molecule has 0 fully saturated rings. The Labute approximate surface area is 162 Å². The Morgan fingerprint density at radius 2 is 2.00 bits per heavy atom. The molecule has 0 atom stereocenters. The van der Waals surface area contributed by atoms with Crippen LogP contribution in [0.1, 0.15) is 23.1 Å². The zero-order chi connectivity index (χ0) is 18.3. The second-order valence-electron chi connectivity index (χ2n) is 6.52. The fourth-order valence-electron chi connectivity index (χ4n) is 3.35. The van der Waals surface area contributed by atoms with Gasteiger partial charge in [0.25, 0.3) is 10.0 Å². The number of hydrogen-bond donors (Lipinski definition) is 2. The van der Waals surface area contributed by atoms with Crippen molar-refractivity contribution in [3.8, 4) is 0 Å². The van der Waals surface area contributed by atoms with Crippen LogP contribution in [0, 0.1) is 6.92 Å². The van der Waals surface area contributed by atoms with Gasteiger partial charge >= 0.3 is 0 Å². The molecule has 2 aromatic carbocycles. The predicted molar refractivity (Wildman–Crippen MR) is 109 cm³/mol. The van der Waals surface area contributed by atoms with Crippen LogP contribution in [0.5, 0.6) is 0 Å². The zero-order valence-corrected chi connectivity index (χ0v) is 16.7. The van der Waals surface area contributed by atoms with Crippen LogP contribution in [0.15, 0.2) is 40.6 Å². The smallest absolute Gasteiger partial charge is 0.271 e. The lowest BCUT2D eigenvalue weighted by Gasteiger charge is -2.11. The Bertz CT molecular complexity index is 1090. The van der Waals surface area contributed by atoms with E-state index in [-0.39, 0.29) is 0 Å². The summed E-state index contributed by atoms with van der Waals surface area (Å²) < 4.78 is 29.9. The van der Waals surface area contributed by atoms with E-state index >= 15 is 0 Å². The fourth-order valence-corrected chi connectivity index (χ4v) is 6.32. The highest BCUT2D eigenvalue weighted by atomic mass is 35.5. The van der Waals surface area contributed by atoms with Gasteiger partial charge < -0.3 is 5.32 Å². The second kappa shape index (κ2) is 6.85. The normalized spacial score (nSPS) is 14.8. The summed E-state index contributed by atoms with van der Waals surface area (Å²) in [6.07, 6.45) is 2.12. The van der Waals surface area contributed by atoms with Crippen molar-refractivity contribution in [1.82, 2.24) is 5.32 Å². The van der Waals surface area contributed by atoms with Crippen molar-refractivity contribution in [2.24, 2.45) is 0 Å². The number of rotatable bonds is 3. The van der Waals surface area contributed by atoms with Gasteiger partial charge in [-0.2, -0.15) is 0 Å². The zero-order valence-electron chi connectivity index (χ0n) is 14.3. The predicted octanol–water partition coefficient (Wildman–Crippen LogP) is 4.70. The maximum absolute atomic E-state index is 13.0. The van der Waals surface area contributed by atoms with Gasteiger partial charge in [0.1, 0.15) is 4.21 Å². The van der Waals surface area contributed by atoms with Gasteiger partial charge in [-0.15, -0.1) is 11.3 Å². The highest BCUT2D eigenvalue weighted by Crippen LogP contribution is 2.36. The van der Waals surface area contributed by atoms with E-state index in [0.29, 0.717) is 14.9 Å². The van der Waals surface area contributed by atoms with Crippen LogP contribution in [-0.2, 0) is 23.0 Å². The summed E-state index contributed by atoms with van der Waals surface area (Å²) in [6, 6.07) is 11.3. The lowest BCUT2D eigenvalue weighted by Crippen LogP contribution is -2.14. The van der Waals surface area contributed by atoms with E-state index in [9.17, 15) is 8.42 Å². The minimum Gasteiger partial charge on any atom is -0.313 e. The third-order valence-electron chi connectivity index (χ3n) is 4.67. The summed E-state index contributed by atoms with van der Waals surface area (Å²) in [5.74, 6) is 0. The quantitative estimate of drug-likeness (QED) is 0.662. The van der Waals surface area contributed by atoms with Gasteiger partial charge in [-0.1, -0.05) is 17.7 Å². The molecule has 1 aliphatic rings. The molecule has 4 rings (SSSR count). The molecular formula is C19H19ClN2O2S2. The molecule has 4 nitrogen and oxygen atoms in total. The number of halogens is 1. The van der Waals surface area contributed by atoms with Crippen molar-refractivity contribution in [1.29, 1.82) is 0 Å². The van der Waals surface area contributed by atoms with Crippen LogP contribution in [0.25, 0.3) is 10.1 Å². The van der Waals surface area contributed by atoms with E-state index in [1.165, 1.54) is 16.9 Å². The van der Waals surface area contributed by atoms with Gasteiger partial charge in [-0.3, -0.25) is 4.72 Å². The number of thiophene rings is 1. The number of anilines is 1. The molecule has 0 aliphatic carbocycles. The first-order valence-electron chi connectivity index (χ1n) is 8.48. The van der Waals surface area contributed by atoms with Crippen molar-refractivity contribution in [3.63, 3.8) is 0 Å². The number of aryl methyl sites for hydroxylation is 2. The Hall–Kier alpha value is -1.60. The Kier molecular flexibility index (Phi) is 4.69. The Morgan fingerprint density at radius 1 is 1.15 bits per heavy atom. The van der Waals surface area contributed by atoms with Crippen LogP contribution >= 0.6 is 22.9 Å². The van der Waals surface area contributed by atoms with Crippen molar-refractivity contribution in [2.75, 3.05) is 11.3 Å². The summed E-state index contributed by atoms with van der Waals surface area (Å²) in [7, 11) is -3.65. The van der Waals surface area contributed by atoms with E-state index in [1.807, 2.05) is 37.3 Å². The molecule has 0 bridgehead atoms. The standard InChI is InChI=1S/C19H19ClN2O2S2/c1-12-17-10-15(20)5-7-18(17)25-19(12)26(23,24)22-16-6-4-13-3-2-8-21-11-14(13)9-16/h4-7,9-10,21-22H,2-3,8,11H2,1H3. The lowest BCUT2D eigenvalue weighted by molar-refractivity contribution is 0.603. The summed E-state index contributed by atoms with van der Waals surface area (Å²) in [4.78, 5) is 0. The first kappa shape index (κ1) is 17.8. The van der Waals surface area contributed by atoms with Crippen molar-refractivity contribution < 1.29 is 8.42 Å². The van der Waals surface area contributed by atoms with Gasteiger partial charge in [0.15, 0.2) is 0 Å². The molecule has 1 aromatic heterocycles. The van der Waals surface area contributed by atoms with Gasteiger partial charge in [0.2, 0.25) is 0 Å². The monoisotopic (exact) mass is 406 g/mol. The van der Waals surface area contributed by atoms with Gasteiger partial charge in [-0.05, 0) is 78.7 Å². The molecule has 26 heavy (non-hydrogen) atoms. The van der Waals surface area contributed by atoms with E-state index < -0.39 is 10.0 Å². The number of fused-ring (bicyclic) bond motifs is 2. The minimum atomic E-state index is -3.65. The largest absolute Gasteiger partial charge is 0.313 e. The van der Waals surface area contributed by atoms with E-state index in [4.69, 9.17) is 11.6 Å². The molecule has 0 unspecified atom stereocenters. The molecule has 0 spiro atoms. The number of benzene rings is 2. The minimum absolute atomic E-state index is 0.336. The third-order valence-corrected chi connectivity index (χ3v) is 8.18. The molecule has 0 saturated carbocycles. The molecule has 2 N–H and O–H groups in total. The van der Waals surface area contributed by atoms with Gasteiger partial charge in [-0.25, -0.2) is 8.42 Å². The van der Waals surface area contributed by atoms with Crippen LogP contribution < -0.4 is 10.0 Å². The first-order valence-corrected chi connectivity index (χ1v) is 11.2. The molecule has 0 amide bonds. The average molecular weight is 407 g/mol. The highest BCUT2D eigenvalue weighted by molar-refractivity contribution is 7.94. The maximum atomic E-state index is 13.0. The van der Waals surface area contributed by atoms with Gasteiger partial charge in [0.05, 0.1) is 0 Å². The summed E-state index contributed by atoms with van der Waals surface area (Å²) >= 11 is 7.33. The number of hydrogen-bond acceptors (Lipinski definition) is 4. The average Bonchev–Trinajstić information content (AvgIpc) is 2.79. The molecule has 136 valence electrons. The SMILES string of the molecule is Cc1c(S(=O)(=O)Nc2ccc3c(c2)CNCCC3)sc2ccc(Cl)cc12. The molecule has 3 aromatic rings. The molecular weight excluding hydrogens is 388 g/mol. The van der Waals surface area contributed by atoms with Crippen molar-refractivity contribution in [3.05, 3.63) is 58.1 Å². The van der Waals surface area contributed by atoms with Crippen LogP contribution in [-0.4, -0.2) is 15.0 Å². The van der Waals surface area contributed by atoms with Crippen molar-refractivity contribution >= 4 is 48.7 Å². The molecule has 0 radical (unpaired) electrons. The summed E-state index contributed by atoms with van der Waals surface area (Å²) in [6.45, 7) is 3.58. The molecule has 7 heteroatoms.